The molecule has 6 aliphatic rings. The number of imide groups is 3. The lowest BCUT2D eigenvalue weighted by Gasteiger charge is -2.41. The summed E-state index contributed by atoms with van der Waals surface area (Å²) in [6.07, 6.45) is 0. The molecular weight excluding hydrogens is 1490 g/mol. The standard InChI is InChI=1S/C69H83N15O22S3/c1-10-77-28-31-80(55(93)52(77)90)64(104)73-37(34-22-16-13-17-23-34)46(85)70-40(60(96)97)49-76-43(67(4,5)107-49)50(88)83-44(68(6,7)108-58(83)41(61(98)99)71-47(86)38(35-24-18-14-19-25-35)74-65(105)81-32-29-78(11-2)53(91)56(81)94)51(89)84-45(63(102)103)69(8,9)109-59(84)42(62(100)101)72-48(87)39(36-26-20-15-21-27-36)75-66(106)82-33-30-79(12-3)54(92)57(82)95/h13-27,37-45,49,58-59,76H,10-12,28-33H2,1-9H3,(H,70,85)(H,71,86)(H,72,87)(H,73,104)(H,74,105)(H,75,106)(H,96,97)(H,98,99)(H,100,101)(H,102,103)/t37-,38-,39-,40+,41+,42+,43+,44+,45+,49?,58?,59?/m1/s1. The van der Waals surface area contributed by atoms with Crippen LogP contribution in [-0.4, -0.2) is 292 Å². The van der Waals surface area contributed by atoms with Crippen molar-refractivity contribution < 1.29 is 107 Å². The van der Waals surface area contributed by atoms with Crippen LogP contribution in [0.25, 0.3) is 0 Å². The molecule has 584 valence electrons. The predicted octanol–water partition coefficient (Wildman–Crippen LogP) is -0.889. The Morgan fingerprint density at radius 1 is 0.404 bits per heavy atom. The number of piperazine rings is 3. The average molecular weight is 1570 g/mol. The zero-order valence-corrected chi connectivity index (χ0v) is 62.8. The van der Waals surface area contributed by atoms with E-state index in [2.05, 4.69) is 37.2 Å². The largest absolute Gasteiger partial charge is 0.480 e. The maximum Gasteiger partial charge on any atom is 0.329 e. The molecule has 12 atom stereocenters. The summed E-state index contributed by atoms with van der Waals surface area (Å²) >= 11 is 1.86. The molecule has 17 amide bonds. The molecule has 6 fully saturated rings. The number of urea groups is 3. The number of thioether (sulfide) groups is 3. The summed E-state index contributed by atoms with van der Waals surface area (Å²) in [5.41, 5.74) is 0.0387. The van der Waals surface area contributed by atoms with E-state index in [9.17, 15) is 92.3 Å². The fraction of sp³-hybridized carbons (Fsp3) is 0.478. The summed E-state index contributed by atoms with van der Waals surface area (Å²) in [4.78, 5) is 261. The number of amides is 17. The molecular formula is C69H83N15O22S3. The Labute approximate surface area is 636 Å². The van der Waals surface area contributed by atoms with Crippen molar-refractivity contribution in [3.63, 3.8) is 0 Å². The normalized spacial score (nSPS) is 23.4. The van der Waals surface area contributed by atoms with Crippen LogP contribution in [0.4, 0.5) is 14.4 Å². The van der Waals surface area contributed by atoms with Gasteiger partial charge in [0.2, 0.25) is 29.5 Å². The number of hydrogen-bond donors (Lipinski definition) is 11. The molecule has 0 saturated carbocycles. The highest BCUT2D eigenvalue weighted by Crippen LogP contribution is 2.52. The third kappa shape index (κ3) is 17.0. The second-order valence-electron chi connectivity index (χ2n) is 27.5. The van der Waals surface area contributed by atoms with E-state index < -0.39 is 192 Å². The number of hydrogen-bond acceptors (Lipinski definition) is 22. The number of rotatable bonds is 24. The number of aliphatic carboxylic acids is 4. The number of carboxylic acids is 4. The Kier molecular flexibility index (Phi) is 25.1. The maximum atomic E-state index is 16.6. The minimum Gasteiger partial charge on any atom is -0.480 e. The highest BCUT2D eigenvalue weighted by molar-refractivity contribution is 8.02. The molecule has 0 bridgehead atoms. The summed E-state index contributed by atoms with van der Waals surface area (Å²) in [5.74, 6) is -20.7. The minimum absolute atomic E-state index is 0.00466. The van der Waals surface area contributed by atoms with E-state index in [0.717, 1.165) is 11.8 Å². The van der Waals surface area contributed by atoms with Crippen LogP contribution in [0.2, 0.25) is 0 Å². The molecule has 11 N–H and O–H groups in total. The molecule has 109 heavy (non-hydrogen) atoms. The Balaban J connectivity index is 1.11. The van der Waals surface area contributed by atoms with Crippen molar-refractivity contribution >= 4 is 142 Å². The van der Waals surface area contributed by atoms with Crippen LogP contribution >= 0.6 is 35.3 Å². The van der Waals surface area contributed by atoms with Gasteiger partial charge in [-0.25, -0.2) is 33.6 Å². The van der Waals surface area contributed by atoms with Gasteiger partial charge in [0.15, 0.2) is 18.1 Å². The number of nitrogens with zero attached hydrogens (tertiary/aromatic N) is 8. The summed E-state index contributed by atoms with van der Waals surface area (Å²) < 4.78 is -5.32. The van der Waals surface area contributed by atoms with Gasteiger partial charge >= 0.3 is 77.4 Å². The second-order valence-corrected chi connectivity index (χ2v) is 32.8. The van der Waals surface area contributed by atoms with Crippen molar-refractivity contribution in [3.8, 4) is 0 Å². The molecule has 0 spiro atoms. The Morgan fingerprint density at radius 2 is 0.706 bits per heavy atom. The number of likely N-dealkylation sites (N-methyl/N-ethyl adjacent to an activating group) is 3. The van der Waals surface area contributed by atoms with E-state index in [1.54, 1.807) is 26.8 Å². The molecule has 40 heteroatoms. The Morgan fingerprint density at radius 3 is 1.01 bits per heavy atom. The minimum atomic E-state index is -2.42. The SMILES string of the molecule is CCN1CCN(C(=O)N[C@@H](C(=O)N[C@H](C(=O)O)C2N[C@@H](C(=O)N3C([C@H](NC(=O)[C@H](NC(=O)N4CCN(CC)C(=O)C4=O)c4ccccc4)C(=O)O)SC(C)(C)[C@@H]3C(=O)N3C([C@H](NC(=O)[C@H](NC(=O)N4CCN(CC)C(=O)C4=O)c4ccccc4)C(=O)O)SC(C)(C)[C@@H]3C(=O)O)C(C)(C)S2)c2ccccc2)C(=O)C1=O. The van der Waals surface area contributed by atoms with Crippen LogP contribution in [0, 0.1) is 0 Å². The van der Waals surface area contributed by atoms with Gasteiger partial charge in [0.05, 0.1) is 5.37 Å². The topological polar surface area (TPSA) is 498 Å². The van der Waals surface area contributed by atoms with E-state index in [4.69, 9.17) is 0 Å². The summed E-state index contributed by atoms with van der Waals surface area (Å²) in [7, 11) is 0. The molecule has 0 aromatic heterocycles. The van der Waals surface area contributed by atoms with Gasteiger partial charge in [-0.2, -0.15) is 0 Å². The third-order valence-electron chi connectivity index (χ3n) is 19.3. The van der Waals surface area contributed by atoms with Crippen LogP contribution in [0.1, 0.15) is 97.1 Å². The van der Waals surface area contributed by atoms with Crippen LogP contribution in [0.5, 0.6) is 0 Å². The van der Waals surface area contributed by atoms with Crippen LogP contribution < -0.4 is 37.2 Å². The van der Waals surface area contributed by atoms with Gasteiger partial charge in [-0.3, -0.25) is 72.8 Å². The van der Waals surface area contributed by atoms with E-state index in [1.807, 2.05) is 0 Å². The Hall–Kier alpha value is -10.9. The van der Waals surface area contributed by atoms with E-state index in [-0.39, 0.29) is 75.6 Å². The van der Waals surface area contributed by atoms with Gasteiger partial charge in [-0.15, -0.1) is 35.3 Å². The van der Waals surface area contributed by atoms with Crippen molar-refractivity contribution in [2.45, 2.75) is 147 Å². The number of benzene rings is 3. The number of carbonyl (C=O) groups excluding carboxylic acids is 14. The first-order valence-electron chi connectivity index (χ1n) is 34.5. The van der Waals surface area contributed by atoms with Crippen LogP contribution in [0.3, 0.4) is 0 Å². The molecule has 6 heterocycles. The number of nitrogens with one attached hydrogen (secondary N) is 7. The van der Waals surface area contributed by atoms with Crippen LogP contribution in [0.15, 0.2) is 91.0 Å². The van der Waals surface area contributed by atoms with E-state index >= 15 is 14.4 Å². The van der Waals surface area contributed by atoms with E-state index in [0.29, 0.717) is 48.0 Å². The zero-order chi connectivity index (χ0) is 80.2. The molecule has 6 aliphatic heterocycles. The lowest BCUT2D eigenvalue weighted by atomic mass is 9.93. The van der Waals surface area contributed by atoms with Crippen molar-refractivity contribution in [2.75, 3.05) is 58.9 Å². The monoisotopic (exact) mass is 1570 g/mol. The molecule has 3 unspecified atom stereocenters. The zero-order valence-electron chi connectivity index (χ0n) is 60.4. The summed E-state index contributed by atoms with van der Waals surface area (Å²) in [5, 5.41) is 56.8. The highest BCUT2D eigenvalue weighted by atomic mass is 32.2. The highest BCUT2D eigenvalue weighted by Gasteiger charge is 2.66. The molecule has 3 aromatic rings. The van der Waals surface area contributed by atoms with Crippen molar-refractivity contribution in [1.29, 1.82) is 0 Å². The van der Waals surface area contributed by atoms with Gasteiger partial charge in [0.25, 0.3) is 0 Å². The maximum absolute atomic E-state index is 16.6. The smallest absolute Gasteiger partial charge is 0.329 e. The fourth-order valence-electron chi connectivity index (χ4n) is 13.7. The first kappa shape index (κ1) is 82.2. The van der Waals surface area contributed by atoms with Crippen molar-refractivity contribution in [1.82, 2.24) is 76.4 Å². The first-order chi connectivity index (χ1) is 51.3. The fourth-order valence-corrected chi connectivity index (χ4v) is 18.4. The Bertz CT molecular complexity index is 4180. The molecule has 6 saturated heterocycles. The van der Waals surface area contributed by atoms with E-state index in [1.165, 1.54) is 141 Å². The van der Waals surface area contributed by atoms with Crippen molar-refractivity contribution in [3.05, 3.63) is 108 Å². The molecule has 3 aromatic carbocycles. The molecule has 9 rings (SSSR count). The lowest BCUT2D eigenvalue weighted by Crippen LogP contribution is -2.67. The molecule has 37 nitrogen and oxygen atoms in total. The molecule has 0 aliphatic carbocycles. The summed E-state index contributed by atoms with van der Waals surface area (Å²) in [6.45, 7) is 12.2. The quantitative estimate of drug-likeness (QED) is 0.0485. The van der Waals surface area contributed by atoms with Crippen molar-refractivity contribution in [2.24, 2.45) is 0 Å². The molecule has 0 radical (unpaired) electrons. The number of carboxylic acid groups (broad SMARTS) is 4. The van der Waals surface area contributed by atoms with Gasteiger partial charge in [0.1, 0.15) is 47.0 Å². The lowest BCUT2D eigenvalue weighted by molar-refractivity contribution is -0.159. The number of carbonyl (C=O) groups is 18. The van der Waals surface area contributed by atoms with Crippen LogP contribution in [-0.2, 0) is 71.9 Å². The predicted molar refractivity (Wildman–Crippen MR) is 386 cm³/mol. The van der Waals surface area contributed by atoms with Gasteiger partial charge in [0, 0.05) is 73.1 Å². The first-order valence-corrected chi connectivity index (χ1v) is 37.1. The third-order valence-corrected chi connectivity index (χ3v) is 24.0. The average Bonchev–Trinajstić information content (AvgIpc) is 1.56. The summed E-state index contributed by atoms with van der Waals surface area (Å²) in [6, 6.07) is -0.707. The van der Waals surface area contributed by atoms with Gasteiger partial charge in [-0.1, -0.05) is 91.0 Å². The van der Waals surface area contributed by atoms with Gasteiger partial charge < -0.3 is 76.8 Å². The van der Waals surface area contributed by atoms with Gasteiger partial charge in [-0.05, 0) is 79.0 Å². The second kappa shape index (κ2) is 33.3.